The van der Waals surface area contributed by atoms with E-state index in [1.54, 1.807) is 12.1 Å². The van der Waals surface area contributed by atoms with Gasteiger partial charge in [-0.1, -0.05) is 6.07 Å². The lowest BCUT2D eigenvalue weighted by Crippen LogP contribution is -2.50. The van der Waals surface area contributed by atoms with E-state index in [-0.39, 0.29) is 16.7 Å². The minimum Gasteiger partial charge on any atom is -0.508 e. The summed E-state index contributed by atoms with van der Waals surface area (Å²) in [6.45, 7) is 4.27. The van der Waals surface area contributed by atoms with Crippen LogP contribution in [0.2, 0.25) is 0 Å². The van der Waals surface area contributed by atoms with Gasteiger partial charge in [-0.05, 0) is 94.2 Å². The molecule has 4 fully saturated rings. The van der Waals surface area contributed by atoms with Crippen LogP contribution >= 0.6 is 0 Å². The van der Waals surface area contributed by atoms with Crippen LogP contribution in [0.4, 0.5) is 0 Å². The van der Waals surface area contributed by atoms with Crippen LogP contribution in [0.1, 0.15) is 69.9 Å². The summed E-state index contributed by atoms with van der Waals surface area (Å²) in [5, 5.41) is 9.96. The summed E-state index contributed by atoms with van der Waals surface area (Å²) in [5.74, 6) is 3.03. The molecule has 6 rings (SSSR count). The van der Waals surface area contributed by atoms with Gasteiger partial charge in [0.1, 0.15) is 11.5 Å². The zero-order valence-electron chi connectivity index (χ0n) is 15.9. The number of phenols is 1. The first-order valence-corrected chi connectivity index (χ1v) is 10.3. The van der Waals surface area contributed by atoms with E-state index in [1.165, 1.54) is 24.8 Å². The molecule has 4 bridgehead atoms. The summed E-state index contributed by atoms with van der Waals surface area (Å²) in [5.41, 5.74) is 2.84. The zero-order chi connectivity index (χ0) is 18.1. The summed E-state index contributed by atoms with van der Waals surface area (Å²) in [6, 6.07) is 5.55. The Hall–Kier alpha value is -1.64. The highest BCUT2D eigenvalue weighted by molar-refractivity contribution is 6.14. The molecule has 1 N–H and O–H groups in total. The number of nitrogens with zero attached hydrogens (tertiary/aromatic N) is 1. The van der Waals surface area contributed by atoms with E-state index in [1.807, 2.05) is 6.07 Å². The number of aliphatic imine (C=N–C) groups is 1. The Morgan fingerprint density at radius 3 is 2.35 bits per heavy atom. The smallest absolute Gasteiger partial charge is 0.145 e. The number of rotatable bonds is 3. The summed E-state index contributed by atoms with van der Waals surface area (Å²) in [7, 11) is 0. The summed E-state index contributed by atoms with van der Waals surface area (Å²) in [4.78, 5) is 18.5. The first-order valence-electron chi connectivity index (χ1n) is 10.3. The molecule has 1 aliphatic heterocycles. The number of hydrogen-bond donors (Lipinski definition) is 1. The molecule has 0 atom stereocenters. The predicted octanol–water partition coefficient (Wildman–Crippen LogP) is 4.69. The van der Waals surface area contributed by atoms with E-state index in [0.717, 1.165) is 54.7 Å². The van der Waals surface area contributed by atoms with Gasteiger partial charge in [-0.2, -0.15) is 0 Å². The molecule has 3 nitrogen and oxygen atoms in total. The fraction of sp³-hybridized carbons (Fsp3) is 0.652. The molecule has 138 valence electrons. The second-order valence-corrected chi connectivity index (χ2v) is 10.2. The number of carbonyl (C=O) groups excluding carboxylic acids is 1. The molecule has 4 saturated carbocycles. The first-order chi connectivity index (χ1) is 12.3. The quantitative estimate of drug-likeness (QED) is 0.859. The number of ketones is 1. The first kappa shape index (κ1) is 16.5. The summed E-state index contributed by atoms with van der Waals surface area (Å²) in [6.07, 6.45) is 8.71. The van der Waals surface area contributed by atoms with Crippen LogP contribution in [0.5, 0.6) is 5.75 Å². The van der Waals surface area contributed by atoms with E-state index < -0.39 is 0 Å². The molecule has 1 aromatic carbocycles. The van der Waals surface area contributed by atoms with E-state index in [0.29, 0.717) is 12.2 Å². The van der Waals surface area contributed by atoms with Crippen LogP contribution in [-0.2, 0) is 11.2 Å². The fourth-order valence-electron chi connectivity index (χ4n) is 6.84. The van der Waals surface area contributed by atoms with Crippen LogP contribution in [0.25, 0.3) is 0 Å². The van der Waals surface area contributed by atoms with Crippen LogP contribution < -0.4 is 0 Å². The van der Waals surface area contributed by atoms with Gasteiger partial charge >= 0.3 is 0 Å². The second-order valence-electron chi connectivity index (χ2n) is 10.2. The third kappa shape index (κ3) is 2.62. The van der Waals surface area contributed by atoms with Crippen LogP contribution in [0.15, 0.2) is 23.2 Å². The fourth-order valence-corrected chi connectivity index (χ4v) is 6.84. The lowest BCUT2D eigenvalue weighted by molar-refractivity contribution is -0.142. The van der Waals surface area contributed by atoms with Gasteiger partial charge in [-0.15, -0.1) is 0 Å². The van der Waals surface area contributed by atoms with Crippen molar-refractivity contribution >= 4 is 11.5 Å². The van der Waals surface area contributed by atoms with Crippen molar-refractivity contribution in [2.45, 2.75) is 70.8 Å². The van der Waals surface area contributed by atoms with Crippen molar-refractivity contribution in [1.29, 1.82) is 0 Å². The topological polar surface area (TPSA) is 49.7 Å². The molecular weight excluding hydrogens is 322 g/mol. The highest BCUT2D eigenvalue weighted by Crippen LogP contribution is 2.60. The van der Waals surface area contributed by atoms with Crippen molar-refractivity contribution in [2.24, 2.45) is 28.2 Å². The van der Waals surface area contributed by atoms with Gasteiger partial charge in [-0.3, -0.25) is 9.79 Å². The molecule has 5 aliphatic rings. The highest BCUT2D eigenvalue weighted by Gasteiger charge is 2.54. The molecule has 0 amide bonds. The van der Waals surface area contributed by atoms with Crippen molar-refractivity contribution in [3.63, 3.8) is 0 Å². The molecule has 1 heterocycles. The molecule has 0 radical (unpaired) electrons. The summed E-state index contributed by atoms with van der Waals surface area (Å²) >= 11 is 0. The predicted molar refractivity (Wildman–Crippen MR) is 103 cm³/mol. The average molecular weight is 351 g/mol. The minimum absolute atomic E-state index is 0.0736. The standard InChI is InChI=1S/C23H29NO2/c1-22(2)13-17-3-4-18(25)8-19(17)20(24-22)9-21(26)23-10-14-5-15(11-23)7-16(6-14)12-23/h3-4,8,14-16,25H,5-7,9-13H2,1-2H3. The molecule has 0 aromatic heterocycles. The Morgan fingerprint density at radius 1 is 1.12 bits per heavy atom. The van der Waals surface area contributed by atoms with Crippen LogP contribution in [0.3, 0.4) is 0 Å². The zero-order valence-corrected chi connectivity index (χ0v) is 15.9. The Labute approximate surface area is 155 Å². The Balaban J connectivity index is 1.46. The molecule has 0 unspecified atom stereocenters. The van der Waals surface area contributed by atoms with Crippen molar-refractivity contribution in [2.75, 3.05) is 0 Å². The van der Waals surface area contributed by atoms with E-state index >= 15 is 0 Å². The summed E-state index contributed by atoms with van der Waals surface area (Å²) < 4.78 is 0. The van der Waals surface area contributed by atoms with Crippen molar-refractivity contribution in [1.82, 2.24) is 0 Å². The number of phenolic OH excluding ortho intramolecular Hbond substituents is 1. The molecule has 1 aromatic rings. The molecule has 0 saturated heterocycles. The monoisotopic (exact) mass is 351 g/mol. The second kappa shape index (κ2) is 5.43. The molecular formula is C23H29NO2. The lowest BCUT2D eigenvalue weighted by Gasteiger charge is -2.56. The highest BCUT2D eigenvalue weighted by atomic mass is 16.3. The average Bonchev–Trinajstić information content (AvgIpc) is 2.53. The Morgan fingerprint density at radius 2 is 1.73 bits per heavy atom. The number of hydrogen-bond acceptors (Lipinski definition) is 3. The third-order valence-electron chi connectivity index (χ3n) is 7.42. The number of aromatic hydroxyl groups is 1. The number of fused-ring (bicyclic) bond motifs is 1. The lowest BCUT2D eigenvalue weighted by atomic mass is 9.48. The van der Waals surface area contributed by atoms with Crippen molar-refractivity contribution in [3.8, 4) is 5.75 Å². The number of Topliss-reactive ketones (excluding diaryl/α,β-unsaturated/α-hetero) is 1. The molecule has 4 aliphatic carbocycles. The van der Waals surface area contributed by atoms with Crippen LogP contribution in [-0.4, -0.2) is 22.1 Å². The van der Waals surface area contributed by atoms with E-state index in [4.69, 9.17) is 4.99 Å². The van der Waals surface area contributed by atoms with Gasteiger partial charge in [0, 0.05) is 17.4 Å². The Bertz CT molecular complexity index is 769. The third-order valence-corrected chi connectivity index (χ3v) is 7.42. The van der Waals surface area contributed by atoms with Gasteiger partial charge in [0.15, 0.2) is 0 Å². The maximum Gasteiger partial charge on any atom is 0.145 e. The SMILES string of the molecule is CC1(C)Cc2ccc(O)cc2C(CC(=O)C23CC4CC(CC(C4)C2)C3)=N1. The number of carbonyl (C=O) groups is 1. The van der Waals surface area contributed by atoms with Gasteiger partial charge in [0.05, 0.1) is 11.3 Å². The van der Waals surface area contributed by atoms with Gasteiger partial charge in [0.2, 0.25) is 0 Å². The van der Waals surface area contributed by atoms with Gasteiger partial charge in [0.25, 0.3) is 0 Å². The Kier molecular flexibility index (Phi) is 3.45. The molecule has 0 spiro atoms. The van der Waals surface area contributed by atoms with Gasteiger partial charge < -0.3 is 5.11 Å². The number of benzene rings is 1. The van der Waals surface area contributed by atoms with E-state index in [9.17, 15) is 9.90 Å². The minimum atomic E-state index is -0.180. The normalized spacial score (nSPS) is 36.5. The molecule has 26 heavy (non-hydrogen) atoms. The van der Waals surface area contributed by atoms with Crippen molar-refractivity contribution in [3.05, 3.63) is 29.3 Å². The van der Waals surface area contributed by atoms with E-state index in [2.05, 4.69) is 13.8 Å². The molecule has 3 heteroatoms. The van der Waals surface area contributed by atoms with Crippen molar-refractivity contribution < 1.29 is 9.90 Å². The van der Waals surface area contributed by atoms with Gasteiger partial charge in [-0.25, -0.2) is 0 Å². The largest absolute Gasteiger partial charge is 0.508 e. The maximum atomic E-state index is 13.5. The van der Waals surface area contributed by atoms with Crippen LogP contribution in [0, 0.1) is 23.2 Å². The maximum absolute atomic E-state index is 13.5.